The number of nitrogens with one attached hydrogen (secondary N) is 2. The molecule has 3 fully saturated rings. The number of amides is 2. The lowest BCUT2D eigenvalue weighted by Gasteiger charge is -2.68. The summed E-state index contributed by atoms with van der Waals surface area (Å²) in [4.78, 5) is 25.9. The van der Waals surface area contributed by atoms with Gasteiger partial charge in [0, 0.05) is 25.6 Å². The minimum Gasteiger partial charge on any atom is -0.450 e. The van der Waals surface area contributed by atoms with Crippen LogP contribution in [0.1, 0.15) is 253 Å². The Morgan fingerprint density at radius 1 is 0.360 bits per heavy atom. The molecule has 0 aliphatic carbocycles. The van der Waals surface area contributed by atoms with E-state index in [1.165, 1.54) is 153 Å². The predicted molar refractivity (Wildman–Crippen MR) is 332 cm³/mol. The first-order valence-corrected chi connectivity index (χ1v) is 32.8. The minimum atomic E-state index is -2.23. The Balaban J connectivity index is 1.66. The van der Waals surface area contributed by atoms with Crippen molar-refractivity contribution in [2.24, 2.45) is 10.8 Å². The first-order chi connectivity index (χ1) is 39.6. The van der Waals surface area contributed by atoms with Gasteiger partial charge >= 0.3 is 12.2 Å². The van der Waals surface area contributed by atoms with Gasteiger partial charge in [0.25, 0.3) is 0 Å². The fourth-order valence-corrected chi connectivity index (χ4v) is 14.1. The second-order valence-electron chi connectivity index (χ2n) is 29.1. The van der Waals surface area contributed by atoms with Crippen LogP contribution in [0, 0.1) is 10.8 Å². The first kappa shape index (κ1) is 78.2. The van der Waals surface area contributed by atoms with E-state index < -0.39 is 135 Å². The maximum Gasteiger partial charge on any atom is 0.407 e. The molecule has 0 saturated carbocycles. The second-order valence-corrected chi connectivity index (χ2v) is 29.1. The van der Waals surface area contributed by atoms with Gasteiger partial charge in [0.05, 0.1) is 57.3 Å². The number of carbonyl (C=O) groups excluding carboxylic acids is 2. The van der Waals surface area contributed by atoms with Crippen LogP contribution >= 0.6 is 0 Å². The number of rotatable bonds is 38. The van der Waals surface area contributed by atoms with E-state index in [9.17, 15) is 50.4 Å². The summed E-state index contributed by atoms with van der Waals surface area (Å²) in [5.74, 6) is 0. The first-order valence-electron chi connectivity index (χ1n) is 32.8. The van der Waals surface area contributed by atoms with Crippen molar-refractivity contribution in [3.63, 3.8) is 0 Å². The summed E-state index contributed by atoms with van der Waals surface area (Å²) in [5.41, 5.74) is -27.4. The van der Waals surface area contributed by atoms with Crippen LogP contribution in [-0.4, -0.2) is 199 Å². The van der Waals surface area contributed by atoms with Gasteiger partial charge in [0.2, 0.25) is 0 Å². The molecule has 2 amide bonds. The monoisotopic (exact) mass is 1230 g/mol. The zero-order valence-corrected chi connectivity index (χ0v) is 57.1. The Labute approximate surface area is 518 Å². The van der Waals surface area contributed by atoms with Gasteiger partial charge < -0.3 is 89.4 Å². The van der Waals surface area contributed by atoms with Gasteiger partial charge in [0.1, 0.15) is 73.8 Å². The van der Waals surface area contributed by atoms with Crippen molar-refractivity contribution in [3.8, 4) is 0 Å². The summed E-state index contributed by atoms with van der Waals surface area (Å²) in [6, 6.07) is 0. The molecule has 6 unspecified atom stereocenters. The normalized spacial score (nSPS) is 40.8. The van der Waals surface area contributed by atoms with E-state index in [-0.39, 0.29) is 13.2 Å². The summed E-state index contributed by atoms with van der Waals surface area (Å²) in [7, 11) is 1.41. The molecule has 0 spiro atoms. The number of hydrogen-bond acceptors (Lipinski definition) is 18. The molecular formula is C66H126N2O18. The van der Waals surface area contributed by atoms with Crippen LogP contribution in [0.5, 0.6) is 0 Å². The molecule has 0 radical (unpaired) electrons. The number of hydrogen-bond donors (Lipinski definition) is 10. The third-order valence-electron chi connectivity index (χ3n) is 23.0. The Morgan fingerprint density at radius 3 is 1.08 bits per heavy atom. The van der Waals surface area contributed by atoms with Gasteiger partial charge in [-0.1, -0.05) is 137 Å². The number of ether oxygens (including phenoxy) is 8. The number of unbranched alkanes of at least 4 members (excludes halogenated alkanes) is 18. The summed E-state index contributed by atoms with van der Waals surface area (Å²) >= 11 is 0. The average molecular weight is 1240 g/mol. The van der Waals surface area contributed by atoms with E-state index in [2.05, 4.69) is 17.6 Å². The fourth-order valence-electron chi connectivity index (χ4n) is 14.1. The van der Waals surface area contributed by atoms with Crippen LogP contribution in [0.3, 0.4) is 0 Å². The van der Waals surface area contributed by atoms with E-state index in [0.717, 1.165) is 38.5 Å². The Bertz CT molecular complexity index is 2090. The molecule has 0 aromatic rings. The molecule has 3 heterocycles. The highest BCUT2D eigenvalue weighted by atomic mass is 16.6. The molecule has 10 N–H and O–H groups in total. The number of aliphatic hydroxyl groups is 8. The van der Waals surface area contributed by atoms with Gasteiger partial charge in [0.15, 0.2) is 0 Å². The maximum atomic E-state index is 13.6. The van der Waals surface area contributed by atoms with Crippen molar-refractivity contribution >= 4 is 12.2 Å². The highest BCUT2D eigenvalue weighted by Crippen LogP contribution is 2.62. The SMILES string of the molecule is CCCCCCCCCCCCCCCCCCOC(=O)NCCCCCCNC(=O)OCC1(C)O[C@](C)(COCC2(C)O[C@](C)(COC)C(C)(O)[C@](C)(O)[C@]2(C)O)C(C)(O)[C@](C)(O)[C@]1(C)COC[C@@]1(C)OC(C)(CO)[C@@](C)(CC)[C@@](C)(O)C1(C)O. The van der Waals surface area contributed by atoms with E-state index >= 15 is 0 Å². The standard InChI is InChI=1S/C66H126N2O18/c1-19-21-22-23-24-25-26-27-28-29-30-31-32-33-36-39-42-82-50(70)67-40-37-34-35-38-41-68-51(71)83-49-55(6)53(4,44-80-46-57(8)62(13,74)60(11,72)52(3,20-2)54(5,43-69)84-57)61(12,73)63(14,75)58(9,85-55)47-81-48-59(10)65(16,77)66(17,78)64(15,76)56(7,86-59)45-79-18/h69,72-78H,19-49H2,1-18H3,(H,67,70)(H,68,71)/t52-,53-,54?,55?,56-,57-,58-,59?,60-,61-,62?,63?,64?,65-,66+/m1/s1. The largest absolute Gasteiger partial charge is 0.450 e. The van der Waals surface area contributed by atoms with E-state index in [1.54, 1.807) is 41.5 Å². The van der Waals surface area contributed by atoms with Crippen LogP contribution in [0.2, 0.25) is 0 Å². The van der Waals surface area contributed by atoms with E-state index in [4.69, 9.17) is 37.9 Å². The van der Waals surface area contributed by atoms with Crippen molar-refractivity contribution in [1.82, 2.24) is 10.6 Å². The van der Waals surface area contributed by atoms with Gasteiger partial charge in [-0.3, -0.25) is 0 Å². The smallest absolute Gasteiger partial charge is 0.407 e. The number of alkyl carbamates (subject to hydrolysis) is 2. The molecule has 15 atom stereocenters. The molecule has 0 aromatic carbocycles. The van der Waals surface area contributed by atoms with Crippen LogP contribution in [0.25, 0.3) is 0 Å². The third-order valence-corrected chi connectivity index (χ3v) is 23.0. The lowest BCUT2D eigenvalue weighted by atomic mass is 9.51. The molecule has 3 rings (SSSR count). The molecule has 0 aromatic heterocycles. The lowest BCUT2D eigenvalue weighted by molar-refractivity contribution is -0.417. The van der Waals surface area contributed by atoms with Crippen molar-refractivity contribution in [3.05, 3.63) is 0 Å². The molecular weight excluding hydrogens is 1110 g/mol. The predicted octanol–water partition coefficient (Wildman–Crippen LogP) is 9.26. The highest BCUT2D eigenvalue weighted by Gasteiger charge is 2.77. The Hall–Kier alpha value is -2.02. The molecule has 3 saturated heterocycles. The topological polar surface area (TPSA) is 294 Å². The highest BCUT2D eigenvalue weighted by molar-refractivity contribution is 5.67. The van der Waals surface area contributed by atoms with Crippen LogP contribution in [-0.2, 0) is 37.9 Å². The second kappa shape index (κ2) is 30.6. The van der Waals surface area contributed by atoms with Crippen LogP contribution in [0.4, 0.5) is 9.59 Å². The van der Waals surface area contributed by atoms with Gasteiger partial charge in [-0.15, -0.1) is 0 Å². The zero-order valence-electron chi connectivity index (χ0n) is 57.1. The Kier molecular flexibility index (Phi) is 27.8. The summed E-state index contributed by atoms with van der Waals surface area (Å²) in [6.45, 7) is 24.9. The molecule has 3 aliphatic heterocycles. The van der Waals surface area contributed by atoms with Crippen molar-refractivity contribution in [1.29, 1.82) is 0 Å². The van der Waals surface area contributed by atoms with Gasteiger partial charge in [-0.2, -0.15) is 0 Å². The molecule has 20 heteroatoms. The van der Waals surface area contributed by atoms with E-state index in [1.807, 2.05) is 6.92 Å². The summed E-state index contributed by atoms with van der Waals surface area (Å²) in [6.07, 6.45) is 22.5. The summed E-state index contributed by atoms with van der Waals surface area (Å²) < 4.78 is 49.7. The molecule has 508 valence electrons. The lowest BCUT2D eigenvalue weighted by Crippen LogP contribution is -2.85. The quantitative estimate of drug-likeness (QED) is 0.0258. The van der Waals surface area contributed by atoms with Crippen molar-refractivity contribution in [2.45, 2.75) is 325 Å². The molecule has 20 nitrogen and oxygen atoms in total. The Morgan fingerprint density at radius 2 is 0.686 bits per heavy atom. The average Bonchev–Trinajstić information content (AvgIpc) is 0.708. The maximum absolute atomic E-state index is 13.6. The van der Waals surface area contributed by atoms with Crippen molar-refractivity contribution < 1.29 is 88.3 Å². The van der Waals surface area contributed by atoms with Crippen LogP contribution in [0.15, 0.2) is 0 Å². The zero-order chi connectivity index (χ0) is 65.6. The molecule has 3 aliphatic rings. The minimum absolute atomic E-state index is 0.176. The van der Waals surface area contributed by atoms with Crippen LogP contribution < -0.4 is 10.6 Å². The summed E-state index contributed by atoms with van der Waals surface area (Å²) in [5, 5.41) is 103. The molecule has 86 heavy (non-hydrogen) atoms. The third kappa shape index (κ3) is 15.5. The van der Waals surface area contributed by atoms with Gasteiger partial charge in [-0.05, 0) is 116 Å². The number of carbonyl (C=O) groups is 2. The number of methoxy groups -OCH3 is 1. The van der Waals surface area contributed by atoms with Crippen molar-refractivity contribution in [2.75, 3.05) is 73.1 Å². The fraction of sp³-hybridized carbons (Fsp3) is 0.970. The number of aliphatic hydroxyl groups excluding tert-OH is 1. The molecule has 0 bridgehead atoms. The van der Waals surface area contributed by atoms with E-state index in [0.29, 0.717) is 26.0 Å². The van der Waals surface area contributed by atoms with Gasteiger partial charge in [-0.25, -0.2) is 9.59 Å².